The largest absolute Gasteiger partial charge is 0.469 e. The van der Waals surface area contributed by atoms with Gasteiger partial charge in [0.15, 0.2) is 0 Å². The molecule has 0 spiro atoms. The Morgan fingerprint density at radius 2 is 1.45 bits per heavy atom. The average molecular weight is 317 g/mol. The maximum Gasteiger partial charge on any atom is 0.309 e. The molecule has 0 aliphatic heterocycles. The zero-order chi connectivity index (χ0) is 17.8. The van der Waals surface area contributed by atoms with Crippen LogP contribution < -0.4 is 0 Å². The van der Waals surface area contributed by atoms with E-state index >= 15 is 0 Å². The van der Waals surface area contributed by atoms with Gasteiger partial charge in [0.1, 0.15) is 0 Å². The summed E-state index contributed by atoms with van der Waals surface area (Å²) in [5, 5.41) is 8.69. The number of rotatable bonds is 4. The summed E-state index contributed by atoms with van der Waals surface area (Å²) in [4.78, 5) is 21.8. The normalized spacial score (nSPS) is 29.0. The molecule has 5 nitrogen and oxygen atoms in total. The molecule has 0 aromatic rings. The van der Waals surface area contributed by atoms with E-state index in [4.69, 9.17) is 6.48 Å². The number of hydrogen-bond acceptors (Lipinski definition) is 5. The predicted octanol–water partition coefficient (Wildman–Crippen LogP) is 2.80. The first-order valence-corrected chi connectivity index (χ1v) is 8.06. The van der Waals surface area contributed by atoms with Crippen molar-refractivity contribution in [1.82, 2.24) is 0 Å². The fourth-order valence-corrected chi connectivity index (χ4v) is 2.77. The Bertz CT molecular complexity index is 312. The third-order valence-electron chi connectivity index (χ3n) is 4.60. The lowest BCUT2D eigenvalue weighted by atomic mass is 9.72. The molecule has 0 aromatic heterocycles. The maximum absolute atomic E-state index is 10.9. The first-order valence-electron chi connectivity index (χ1n) is 8.76. The molecule has 2 aliphatic carbocycles. The molecule has 2 saturated carbocycles. The number of hydrogen-bond donors (Lipinski definition) is 1. The van der Waals surface area contributed by atoms with Crippen molar-refractivity contribution in [3.8, 4) is 0 Å². The third-order valence-corrected chi connectivity index (χ3v) is 4.60. The molecule has 0 aromatic carbocycles. The van der Waals surface area contributed by atoms with Crippen molar-refractivity contribution in [1.29, 1.82) is 0 Å². The van der Waals surface area contributed by atoms with Crippen LogP contribution >= 0.6 is 0 Å². The van der Waals surface area contributed by atoms with Crippen LogP contribution in [0.5, 0.6) is 0 Å². The second kappa shape index (κ2) is 11.5. The molecule has 1 N–H and O–H groups in total. The molecule has 130 valence electrons. The zero-order valence-electron chi connectivity index (χ0n) is 15.3. The van der Waals surface area contributed by atoms with Gasteiger partial charge in [-0.05, 0) is 37.5 Å². The van der Waals surface area contributed by atoms with Crippen molar-refractivity contribution in [3.63, 3.8) is 0 Å². The summed E-state index contributed by atoms with van der Waals surface area (Å²) >= 11 is 0. The molecular weight excluding hydrogens is 284 g/mol. The molecule has 0 saturated heterocycles. The van der Waals surface area contributed by atoms with Crippen molar-refractivity contribution < 1.29 is 25.5 Å². The summed E-state index contributed by atoms with van der Waals surface area (Å²) in [6.07, 6.45) is 5.18. The highest BCUT2D eigenvalue weighted by Crippen LogP contribution is 2.37. The van der Waals surface area contributed by atoms with Gasteiger partial charge >= 0.3 is 11.9 Å². The van der Waals surface area contributed by atoms with Crippen molar-refractivity contribution in [2.24, 2.45) is 23.7 Å². The van der Waals surface area contributed by atoms with Crippen molar-refractivity contribution in [3.05, 3.63) is 0 Å². The number of esters is 2. The van der Waals surface area contributed by atoms with Gasteiger partial charge in [-0.25, -0.2) is 0 Å². The topological polar surface area (TPSA) is 72.8 Å². The first kappa shape index (κ1) is 18.9. The van der Waals surface area contributed by atoms with E-state index in [-0.39, 0.29) is 36.3 Å². The van der Waals surface area contributed by atoms with Gasteiger partial charge in [0.2, 0.25) is 0 Å². The van der Waals surface area contributed by atoms with Gasteiger partial charge < -0.3 is 14.6 Å². The zero-order valence-corrected chi connectivity index (χ0v) is 14.3. The van der Waals surface area contributed by atoms with Gasteiger partial charge in [-0.1, -0.05) is 27.2 Å². The van der Waals surface area contributed by atoms with E-state index in [1.54, 1.807) is 6.92 Å². The minimum Gasteiger partial charge on any atom is -0.469 e. The fourth-order valence-electron chi connectivity index (χ4n) is 2.77. The van der Waals surface area contributed by atoms with Crippen LogP contribution in [0.2, 0.25) is 0 Å². The molecule has 22 heavy (non-hydrogen) atoms. The summed E-state index contributed by atoms with van der Waals surface area (Å²) < 4.78 is 15.4. The Labute approximate surface area is 135 Å². The molecule has 0 unspecified atom stereocenters. The Morgan fingerprint density at radius 1 is 1.05 bits per heavy atom. The van der Waals surface area contributed by atoms with E-state index in [1.165, 1.54) is 20.6 Å². The molecule has 2 fully saturated rings. The number of methoxy groups -OCH3 is 2. The lowest BCUT2D eigenvalue weighted by molar-refractivity contribution is -0.153. The van der Waals surface area contributed by atoms with Crippen LogP contribution in [0.4, 0.5) is 0 Å². The van der Waals surface area contributed by atoms with Gasteiger partial charge in [-0.3, -0.25) is 9.59 Å². The van der Waals surface area contributed by atoms with E-state index < -0.39 is 0 Å². The second-order valence-electron chi connectivity index (χ2n) is 5.52. The molecule has 2 aliphatic rings. The smallest absolute Gasteiger partial charge is 0.309 e. The van der Waals surface area contributed by atoms with Crippen LogP contribution in [0, 0.1) is 23.7 Å². The molecular formula is C17H32O5. The Kier molecular flexibility index (Phi) is 9.87. The highest BCUT2D eigenvalue weighted by atomic mass is 16.5. The first-order chi connectivity index (χ1) is 11.0. The minimum absolute atomic E-state index is 0.0156. The average Bonchev–Trinajstić information content (AvgIpc) is 2.47. The number of carbonyl (C=O) groups is 2. The summed E-state index contributed by atoms with van der Waals surface area (Å²) in [5.74, 6) is 0.758. The molecule has 0 amide bonds. The van der Waals surface area contributed by atoms with E-state index in [2.05, 4.69) is 16.4 Å². The summed E-state index contributed by atoms with van der Waals surface area (Å²) in [6.45, 7) is 4.53. The van der Waals surface area contributed by atoms with Crippen LogP contribution in [0.3, 0.4) is 0 Å². The number of carbonyl (C=O) groups excluding carboxylic acids is 2. The lowest BCUT2D eigenvalue weighted by Gasteiger charge is -2.33. The number of ether oxygens (including phenoxy) is 2. The van der Waals surface area contributed by atoms with Crippen LogP contribution in [0.15, 0.2) is 0 Å². The third kappa shape index (κ3) is 5.59. The molecule has 0 heterocycles. The van der Waals surface area contributed by atoms with Gasteiger partial charge in [0.05, 0.1) is 26.1 Å². The Hall–Kier alpha value is -1.10. The number of aliphatic hydroxyl groups is 1. The Balaban J connectivity index is 0.000000360. The summed E-state index contributed by atoms with van der Waals surface area (Å²) in [7, 11) is 2.85. The molecule has 0 bridgehead atoms. The van der Waals surface area contributed by atoms with E-state index in [0.29, 0.717) is 12.8 Å². The van der Waals surface area contributed by atoms with Crippen molar-refractivity contribution in [2.75, 3.05) is 20.8 Å². The van der Waals surface area contributed by atoms with E-state index in [1.807, 2.05) is 0 Å². The van der Waals surface area contributed by atoms with Gasteiger partial charge in [-0.2, -0.15) is 0 Å². The standard InChI is InChI=1S/C8H14O2.C7H12O3.C2H6/c1-3-6-4-5-7(6)8(9)10-2;1-10-7(9)6-3-2-5(6)4-8;1-2/h6-7H,3-5H2,1-2H3;5-6,8H,2-4H2,1H3;1-2H3/t6-,7-;5-,6+;/m10./s1/i;;1D. The fraction of sp³-hybridized carbons (Fsp3) is 0.882. The molecule has 4 atom stereocenters. The maximum atomic E-state index is 10.9. The predicted molar refractivity (Wildman–Crippen MR) is 85.2 cm³/mol. The Morgan fingerprint density at radius 3 is 1.68 bits per heavy atom. The molecule has 2 rings (SSSR count). The van der Waals surface area contributed by atoms with Crippen LogP contribution in [-0.4, -0.2) is 37.9 Å². The lowest BCUT2D eigenvalue weighted by Crippen LogP contribution is -2.35. The van der Waals surface area contributed by atoms with E-state index in [0.717, 1.165) is 25.7 Å². The summed E-state index contributed by atoms with van der Waals surface area (Å²) in [6, 6.07) is 0. The molecule has 0 radical (unpaired) electrons. The minimum atomic E-state index is -0.176. The molecule has 5 heteroatoms. The SMILES string of the molecule is CC[C@@H]1CC[C@H]1C(=O)OC.COC(=O)[C@@H]1CC[C@H]1CO.[2H]CC. The van der Waals surface area contributed by atoms with Crippen LogP contribution in [0.1, 0.15) is 54.2 Å². The number of aliphatic hydroxyl groups excluding tert-OH is 1. The van der Waals surface area contributed by atoms with Crippen molar-refractivity contribution >= 4 is 11.9 Å². The highest BCUT2D eigenvalue weighted by Gasteiger charge is 2.36. The highest BCUT2D eigenvalue weighted by molar-refractivity contribution is 5.74. The van der Waals surface area contributed by atoms with Gasteiger partial charge in [0, 0.05) is 7.98 Å². The second-order valence-corrected chi connectivity index (χ2v) is 5.52. The van der Waals surface area contributed by atoms with E-state index in [9.17, 15) is 9.59 Å². The van der Waals surface area contributed by atoms with Gasteiger partial charge in [-0.15, -0.1) is 0 Å². The quantitative estimate of drug-likeness (QED) is 0.807. The van der Waals surface area contributed by atoms with Crippen LogP contribution in [0.25, 0.3) is 0 Å². The van der Waals surface area contributed by atoms with Gasteiger partial charge in [0.25, 0.3) is 0 Å². The monoisotopic (exact) mass is 317 g/mol. The van der Waals surface area contributed by atoms with Crippen molar-refractivity contribution in [2.45, 2.75) is 52.9 Å². The van der Waals surface area contributed by atoms with Crippen LogP contribution in [-0.2, 0) is 19.1 Å². The summed E-state index contributed by atoms with van der Waals surface area (Å²) in [5.41, 5.74) is 0.